The SMILES string of the molecule is CN(C)Cc1nc(N)nc(N)n1. The van der Waals surface area contributed by atoms with Gasteiger partial charge in [-0.2, -0.15) is 15.0 Å². The van der Waals surface area contributed by atoms with Gasteiger partial charge < -0.3 is 16.4 Å². The van der Waals surface area contributed by atoms with Crippen molar-refractivity contribution in [1.29, 1.82) is 0 Å². The van der Waals surface area contributed by atoms with Gasteiger partial charge in [0.2, 0.25) is 11.9 Å². The number of hydrogen-bond acceptors (Lipinski definition) is 6. The first kappa shape index (κ1) is 8.66. The Kier molecular flexibility index (Phi) is 2.39. The highest BCUT2D eigenvalue weighted by Gasteiger charge is 2.01. The molecule has 4 N–H and O–H groups in total. The van der Waals surface area contributed by atoms with Crippen molar-refractivity contribution in [2.24, 2.45) is 0 Å². The van der Waals surface area contributed by atoms with Crippen LogP contribution in [-0.2, 0) is 6.54 Å². The summed E-state index contributed by atoms with van der Waals surface area (Å²) in [5, 5.41) is 0. The van der Waals surface area contributed by atoms with Crippen LogP contribution < -0.4 is 11.5 Å². The molecule has 0 saturated heterocycles. The second-order valence-corrected chi connectivity index (χ2v) is 2.71. The van der Waals surface area contributed by atoms with Crippen LogP contribution in [0.25, 0.3) is 0 Å². The average molecular weight is 168 g/mol. The molecule has 0 atom stereocenters. The Morgan fingerprint density at radius 1 is 1.08 bits per heavy atom. The highest BCUT2D eigenvalue weighted by molar-refractivity contribution is 5.25. The molecule has 6 nitrogen and oxygen atoms in total. The number of nitrogen functional groups attached to an aromatic ring is 2. The molecular formula is C6H12N6. The molecule has 12 heavy (non-hydrogen) atoms. The summed E-state index contributed by atoms with van der Waals surface area (Å²) in [7, 11) is 3.83. The summed E-state index contributed by atoms with van der Waals surface area (Å²) in [4.78, 5) is 13.4. The summed E-state index contributed by atoms with van der Waals surface area (Å²) >= 11 is 0. The van der Waals surface area contributed by atoms with E-state index < -0.39 is 0 Å². The Labute approximate surface area is 70.6 Å². The van der Waals surface area contributed by atoms with E-state index in [4.69, 9.17) is 11.5 Å². The average Bonchev–Trinajstić information content (AvgIpc) is 1.81. The summed E-state index contributed by atoms with van der Waals surface area (Å²) < 4.78 is 0. The van der Waals surface area contributed by atoms with Crippen LogP contribution >= 0.6 is 0 Å². The standard InChI is InChI=1S/C6H12N6/c1-12(2)3-4-9-5(7)11-6(8)10-4/h3H2,1-2H3,(H4,7,8,9,10,11). The van der Waals surface area contributed by atoms with Gasteiger partial charge in [-0.05, 0) is 14.1 Å². The van der Waals surface area contributed by atoms with E-state index in [9.17, 15) is 0 Å². The van der Waals surface area contributed by atoms with Gasteiger partial charge in [-0.3, -0.25) is 0 Å². The fourth-order valence-corrected chi connectivity index (χ4v) is 0.810. The third-order valence-corrected chi connectivity index (χ3v) is 1.17. The van der Waals surface area contributed by atoms with Crippen molar-refractivity contribution in [3.63, 3.8) is 0 Å². The Bertz CT molecular complexity index is 250. The molecule has 0 unspecified atom stereocenters. The summed E-state index contributed by atoms with van der Waals surface area (Å²) in [6.07, 6.45) is 0. The van der Waals surface area contributed by atoms with Crippen LogP contribution in [0.15, 0.2) is 0 Å². The molecule has 66 valence electrons. The molecule has 6 heteroatoms. The van der Waals surface area contributed by atoms with Crippen molar-refractivity contribution in [1.82, 2.24) is 19.9 Å². The topological polar surface area (TPSA) is 94.0 Å². The number of nitrogens with zero attached hydrogens (tertiary/aromatic N) is 4. The Morgan fingerprint density at radius 3 is 2.00 bits per heavy atom. The van der Waals surface area contributed by atoms with Crippen molar-refractivity contribution in [2.75, 3.05) is 25.6 Å². The fraction of sp³-hybridized carbons (Fsp3) is 0.500. The predicted molar refractivity (Wildman–Crippen MR) is 46.0 cm³/mol. The van der Waals surface area contributed by atoms with Gasteiger partial charge in [0.15, 0.2) is 0 Å². The molecule has 1 aromatic rings. The number of nitrogens with two attached hydrogens (primary N) is 2. The third-order valence-electron chi connectivity index (χ3n) is 1.17. The van der Waals surface area contributed by atoms with Gasteiger partial charge in [0.25, 0.3) is 0 Å². The van der Waals surface area contributed by atoms with E-state index >= 15 is 0 Å². The lowest BCUT2D eigenvalue weighted by molar-refractivity contribution is 0.390. The zero-order valence-electron chi connectivity index (χ0n) is 7.15. The minimum Gasteiger partial charge on any atom is -0.368 e. The van der Waals surface area contributed by atoms with Crippen LogP contribution in [0.4, 0.5) is 11.9 Å². The van der Waals surface area contributed by atoms with E-state index in [1.165, 1.54) is 0 Å². The van der Waals surface area contributed by atoms with Crippen molar-refractivity contribution in [3.05, 3.63) is 5.82 Å². The molecule has 1 rings (SSSR count). The van der Waals surface area contributed by atoms with Crippen LogP contribution in [0, 0.1) is 0 Å². The van der Waals surface area contributed by atoms with E-state index in [0.717, 1.165) is 0 Å². The molecule has 0 saturated carbocycles. The second-order valence-electron chi connectivity index (χ2n) is 2.71. The Balaban J connectivity index is 2.85. The quantitative estimate of drug-likeness (QED) is 0.594. The first-order valence-corrected chi connectivity index (χ1v) is 3.48. The lowest BCUT2D eigenvalue weighted by Gasteiger charge is -2.07. The lowest BCUT2D eigenvalue weighted by atomic mass is 10.5. The number of anilines is 2. The molecule has 0 aromatic carbocycles. The second kappa shape index (κ2) is 3.31. The molecule has 0 radical (unpaired) electrons. The zero-order chi connectivity index (χ0) is 9.14. The van der Waals surface area contributed by atoms with Crippen molar-refractivity contribution in [3.8, 4) is 0 Å². The van der Waals surface area contributed by atoms with Crippen LogP contribution in [-0.4, -0.2) is 33.9 Å². The van der Waals surface area contributed by atoms with E-state index in [1.54, 1.807) is 0 Å². The highest BCUT2D eigenvalue weighted by Crippen LogP contribution is 1.99. The summed E-state index contributed by atoms with van der Waals surface area (Å²) in [5.74, 6) is 0.920. The monoisotopic (exact) mass is 168 g/mol. The van der Waals surface area contributed by atoms with Crippen LogP contribution in [0.2, 0.25) is 0 Å². The first-order valence-electron chi connectivity index (χ1n) is 3.48. The van der Waals surface area contributed by atoms with E-state index in [2.05, 4.69) is 15.0 Å². The molecular weight excluding hydrogens is 156 g/mol. The molecule has 0 bridgehead atoms. The molecule has 0 aliphatic heterocycles. The first-order chi connectivity index (χ1) is 5.58. The third kappa shape index (κ3) is 2.31. The molecule has 0 spiro atoms. The van der Waals surface area contributed by atoms with Crippen molar-refractivity contribution < 1.29 is 0 Å². The van der Waals surface area contributed by atoms with Gasteiger partial charge in [-0.25, -0.2) is 0 Å². The van der Waals surface area contributed by atoms with E-state index in [1.807, 2.05) is 19.0 Å². The Morgan fingerprint density at radius 2 is 1.58 bits per heavy atom. The van der Waals surface area contributed by atoms with Gasteiger partial charge in [0.05, 0.1) is 6.54 Å². The predicted octanol–water partition coefficient (Wildman–Crippen LogP) is -0.902. The summed E-state index contributed by atoms with van der Waals surface area (Å²) in [5.41, 5.74) is 10.7. The van der Waals surface area contributed by atoms with Crippen molar-refractivity contribution in [2.45, 2.75) is 6.54 Å². The van der Waals surface area contributed by atoms with E-state index in [-0.39, 0.29) is 11.9 Å². The van der Waals surface area contributed by atoms with Gasteiger partial charge in [-0.1, -0.05) is 0 Å². The maximum absolute atomic E-state index is 5.37. The maximum Gasteiger partial charge on any atom is 0.225 e. The molecule has 1 aromatic heterocycles. The summed E-state index contributed by atoms with van der Waals surface area (Å²) in [6, 6.07) is 0. The van der Waals surface area contributed by atoms with Gasteiger partial charge in [-0.15, -0.1) is 0 Å². The molecule has 0 aliphatic rings. The van der Waals surface area contributed by atoms with Crippen LogP contribution in [0.3, 0.4) is 0 Å². The van der Waals surface area contributed by atoms with Gasteiger partial charge in [0.1, 0.15) is 5.82 Å². The van der Waals surface area contributed by atoms with E-state index in [0.29, 0.717) is 12.4 Å². The van der Waals surface area contributed by atoms with Crippen LogP contribution in [0.5, 0.6) is 0 Å². The molecule has 0 aliphatic carbocycles. The normalized spacial score (nSPS) is 10.6. The minimum atomic E-state index is 0.166. The molecule has 0 amide bonds. The van der Waals surface area contributed by atoms with Crippen LogP contribution in [0.1, 0.15) is 5.82 Å². The Hall–Kier alpha value is -1.43. The van der Waals surface area contributed by atoms with Gasteiger partial charge >= 0.3 is 0 Å². The molecule has 1 heterocycles. The lowest BCUT2D eigenvalue weighted by Crippen LogP contribution is -2.15. The number of aromatic nitrogens is 3. The fourth-order valence-electron chi connectivity index (χ4n) is 0.810. The van der Waals surface area contributed by atoms with Crippen molar-refractivity contribution >= 4 is 11.9 Å². The summed E-state index contributed by atoms with van der Waals surface area (Å²) in [6.45, 7) is 0.608. The number of rotatable bonds is 2. The molecule has 0 fully saturated rings. The largest absolute Gasteiger partial charge is 0.368 e. The van der Waals surface area contributed by atoms with Gasteiger partial charge in [0, 0.05) is 0 Å². The highest BCUT2D eigenvalue weighted by atomic mass is 15.2. The minimum absolute atomic E-state index is 0.166. The maximum atomic E-state index is 5.37. The number of hydrogen-bond donors (Lipinski definition) is 2. The zero-order valence-corrected chi connectivity index (χ0v) is 7.15. The smallest absolute Gasteiger partial charge is 0.225 e.